The van der Waals surface area contributed by atoms with Gasteiger partial charge in [0.25, 0.3) is 5.56 Å². The van der Waals surface area contributed by atoms with Crippen molar-refractivity contribution in [2.24, 2.45) is 10.2 Å². The molecule has 0 saturated heterocycles. The van der Waals surface area contributed by atoms with E-state index in [1.807, 2.05) is 18.2 Å². The highest BCUT2D eigenvalue weighted by atomic mass is 16.3. The second kappa shape index (κ2) is 6.73. The van der Waals surface area contributed by atoms with Crippen LogP contribution in [-0.4, -0.2) is 26.0 Å². The van der Waals surface area contributed by atoms with Crippen LogP contribution in [0.15, 0.2) is 57.5 Å². The van der Waals surface area contributed by atoms with E-state index < -0.39 is 11.5 Å². The molecule has 0 aliphatic carbocycles. The van der Waals surface area contributed by atoms with Gasteiger partial charge < -0.3 is 15.1 Å². The highest BCUT2D eigenvalue weighted by molar-refractivity contribution is 5.96. The first-order chi connectivity index (χ1) is 13.4. The van der Waals surface area contributed by atoms with Crippen LogP contribution in [0.3, 0.4) is 0 Å². The SMILES string of the molecule is CC(C)c1ccc2[nH]c(O)c(N=NC(=O)c3nc4ccccc4c(=O)[nH]3)c2c1. The molecule has 4 rings (SSSR count). The summed E-state index contributed by atoms with van der Waals surface area (Å²) in [4.78, 5) is 33.8. The Balaban J connectivity index is 1.73. The van der Waals surface area contributed by atoms with E-state index in [0.29, 0.717) is 27.7 Å². The summed E-state index contributed by atoms with van der Waals surface area (Å²) in [5.74, 6) is -0.918. The normalized spacial score (nSPS) is 11.8. The van der Waals surface area contributed by atoms with E-state index in [9.17, 15) is 14.7 Å². The third-order valence-corrected chi connectivity index (χ3v) is 4.50. The highest BCUT2D eigenvalue weighted by Gasteiger charge is 2.15. The molecular weight excluding hydrogens is 358 g/mol. The molecule has 0 aliphatic rings. The van der Waals surface area contributed by atoms with Gasteiger partial charge in [0, 0.05) is 5.39 Å². The third-order valence-electron chi connectivity index (χ3n) is 4.50. The maximum atomic E-state index is 12.4. The monoisotopic (exact) mass is 375 g/mol. The Morgan fingerprint density at radius 3 is 2.68 bits per heavy atom. The zero-order chi connectivity index (χ0) is 19.8. The summed E-state index contributed by atoms with van der Waals surface area (Å²) in [5.41, 5.74) is 1.87. The number of azo groups is 1. The standard InChI is InChI=1S/C20H17N5O3/c1-10(2)11-7-8-15-13(9-11)16(19(27)22-15)24-25-20(28)17-21-14-6-4-3-5-12(14)18(26)23-17/h3-10,22,27H,1-2H3,(H,21,23,26). The van der Waals surface area contributed by atoms with Crippen LogP contribution in [0.1, 0.15) is 35.9 Å². The summed E-state index contributed by atoms with van der Waals surface area (Å²) in [6.45, 7) is 4.11. The molecule has 0 saturated carbocycles. The number of hydrogen-bond donors (Lipinski definition) is 3. The first-order valence-corrected chi connectivity index (χ1v) is 8.74. The summed E-state index contributed by atoms with van der Waals surface area (Å²) in [7, 11) is 0. The number of nitrogens with zero attached hydrogens (tertiary/aromatic N) is 3. The van der Waals surface area contributed by atoms with Gasteiger partial charge >= 0.3 is 5.91 Å². The molecule has 0 aliphatic heterocycles. The van der Waals surface area contributed by atoms with Gasteiger partial charge in [-0.05, 0) is 35.7 Å². The van der Waals surface area contributed by atoms with Gasteiger partial charge in [0.15, 0.2) is 5.69 Å². The van der Waals surface area contributed by atoms with Crippen LogP contribution < -0.4 is 5.56 Å². The fourth-order valence-electron chi connectivity index (χ4n) is 2.97. The summed E-state index contributed by atoms with van der Waals surface area (Å²) in [6.07, 6.45) is 0. The quantitative estimate of drug-likeness (QED) is 0.465. The van der Waals surface area contributed by atoms with Gasteiger partial charge in [-0.25, -0.2) is 4.98 Å². The predicted molar refractivity (Wildman–Crippen MR) is 105 cm³/mol. The molecule has 3 N–H and O–H groups in total. The number of carbonyl (C=O) groups excluding carboxylic acids is 1. The number of H-pyrrole nitrogens is 2. The Bertz CT molecular complexity index is 1300. The van der Waals surface area contributed by atoms with E-state index in [-0.39, 0.29) is 17.4 Å². The fourth-order valence-corrected chi connectivity index (χ4v) is 2.97. The first kappa shape index (κ1) is 17.6. The van der Waals surface area contributed by atoms with Gasteiger partial charge in [-0.3, -0.25) is 9.59 Å². The molecule has 8 heteroatoms. The minimum atomic E-state index is -0.809. The number of rotatable bonds is 3. The van der Waals surface area contributed by atoms with Crippen LogP contribution >= 0.6 is 0 Å². The molecule has 1 amide bonds. The van der Waals surface area contributed by atoms with E-state index in [1.165, 1.54) is 0 Å². The van der Waals surface area contributed by atoms with E-state index in [4.69, 9.17) is 0 Å². The average Bonchev–Trinajstić information content (AvgIpc) is 3.00. The predicted octanol–water partition coefficient (Wildman–Crippen LogP) is 4.16. The molecule has 140 valence electrons. The number of benzene rings is 2. The zero-order valence-corrected chi connectivity index (χ0v) is 15.2. The van der Waals surface area contributed by atoms with Crippen molar-refractivity contribution in [1.29, 1.82) is 0 Å². The Morgan fingerprint density at radius 2 is 1.89 bits per heavy atom. The minimum Gasteiger partial charge on any atom is -0.493 e. The Hall–Kier alpha value is -3.81. The largest absolute Gasteiger partial charge is 0.493 e. The van der Waals surface area contributed by atoms with Gasteiger partial charge in [-0.2, -0.15) is 0 Å². The topological polar surface area (TPSA) is 124 Å². The maximum Gasteiger partial charge on any atom is 0.331 e. The number of fused-ring (bicyclic) bond motifs is 2. The molecule has 0 fully saturated rings. The first-order valence-electron chi connectivity index (χ1n) is 8.74. The van der Waals surface area contributed by atoms with Crippen molar-refractivity contribution >= 4 is 33.4 Å². The number of aromatic nitrogens is 3. The molecule has 0 unspecified atom stereocenters. The van der Waals surface area contributed by atoms with Gasteiger partial charge in [0.05, 0.1) is 16.4 Å². The maximum absolute atomic E-state index is 12.4. The number of nitrogens with one attached hydrogen (secondary N) is 2. The van der Waals surface area contributed by atoms with Crippen molar-refractivity contribution in [3.8, 4) is 5.88 Å². The molecule has 2 aromatic carbocycles. The molecule has 4 aromatic rings. The zero-order valence-electron chi connectivity index (χ0n) is 15.2. The molecule has 0 spiro atoms. The molecule has 28 heavy (non-hydrogen) atoms. The molecule has 0 radical (unpaired) electrons. The number of amides is 1. The van der Waals surface area contributed by atoms with Crippen LogP contribution in [0.2, 0.25) is 0 Å². The van der Waals surface area contributed by atoms with Crippen molar-refractivity contribution < 1.29 is 9.90 Å². The molecule has 2 heterocycles. The smallest absolute Gasteiger partial charge is 0.331 e. The molecule has 0 bridgehead atoms. The number of hydrogen-bond acceptors (Lipinski definition) is 5. The lowest BCUT2D eigenvalue weighted by molar-refractivity contribution is 0.0985. The molecule has 2 aromatic heterocycles. The Labute approximate surface area is 159 Å². The molecule has 0 atom stereocenters. The second-order valence-corrected chi connectivity index (χ2v) is 6.72. The van der Waals surface area contributed by atoms with E-state index >= 15 is 0 Å². The third kappa shape index (κ3) is 3.05. The van der Waals surface area contributed by atoms with E-state index in [1.54, 1.807) is 24.3 Å². The van der Waals surface area contributed by atoms with E-state index in [0.717, 1.165) is 5.56 Å². The summed E-state index contributed by atoms with van der Waals surface area (Å²) >= 11 is 0. The van der Waals surface area contributed by atoms with E-state index in [2.05, 4.69) is 39.0 Å². The van der Waals surface area contributed by atoms with Gasteiger partial charge in [-0.15, -0.1) is 10.2 Å². The van der Waals surface area contributed by atoms with Crippen LogP contribution in [-0.2, 0) is 0 Å². The fraction of sp³-hybridized carbons (Fsp3) is 0.150. The number of carbonyl (C=O) groups is 1. The van der Waals surface area contributed by atoms with Crippen LogP contribution in [0.4, 0.5) is 5.69 Å². The van der Waals surface area contributed by atoms with Gasteiger partial charge in [0.1, 0.15) is 0 Å². The summed E-state index contributed by atoms with van der Waals surface area (Å²) in [5, 5.41) is 18.7. The summed E-state index contributed by atoms with van der Waals surface area (Å²) < 4.78 is 0. The van der Waals surface area contributed by atoms with Crippen molar-refractivity contribution in [1.82, 2.24) is 15.0 Å². The lowest BCUT2D eigenvalue weighted by Crippen LogP contribution is -2.14. The number of para-hydroxylation sites is 1. The minimum absolute atomic E-state index is 0.161. The van der Waals surface area contributed by atoms with Crippen molar-refractivity contribution in [3.05, 3.63) is 64.2 Å². The van der Waals surface area contributed by atoms with Gasteiger partial charge in [-0.1, -0.05) is 32.0 Å². The van der Waals surface area contributed by atoms with Crippen LogP contribution in [0.5, 0.6) is 5.88 Å². The van der Waals surface area contributed by atoms with Crippen molar-refractivity contribution in [2.75, 3.05) is 0 Å². The average molecular weight is 375 g/mol. The van der Waals surface area contributed by atoms with Crippen molar-refractivity contribution in [2.45, 2.75) is 19.8 Å². The Kier molecular flexibility index (Phi) is 4.23. The second-order valence-electron chi connectivity index (χ2n) is 6.72. The lowest BCUT2D eigenvalue weighted by Gasteiger charge is -2.04. The summed E-state index contributed by atoms with van der Waals surface area (Å²) in [6, 6.07) is 12.4. The molecular formula is C20H17N5O3. The molecule has 8 nitrogen and oxygen atoms in total. The number of aromatic hydroxyl groups is 1. The van der Waals surface area contributed by atoms with Gasteiger partial charge in [0.2, 0.25) is 11.7 Å². The lowest BCUT2D eigenvalue weighted by atomic mass is 10.0. The highest BCUT2D eigenvalue weighted by Crippen LogP contribution is 2.37. The number of aromatic amines is 2. The Morgan fingerprint density at radius 1 is 1.11 bits per heavy atom. The van der Waals surface area contributed by atoms with Crippen LogP contribution in [0, 0.1) is 0 Å². The van der Waals surface area contributed by atoms with Crippen molar-refractivity contribution in [3.63, 3.8) is 0 Å². The van der Waals surface area contributed by atoms with Crippen LogP contribution in [0.25, 0.3) is 21.8 Å².